The molecular weight excluding hydrogens is 546 g/mol. The summed E-state index contributed by atoms with van der Waals surface area (Å²) in [5.74, 6) is -0.791. The SMILES string of the molecule is CCC(C(=O)NC(C)(C)C)N(Cc1ccccc1C)C(=O)CN(c1ccc(Cl)cc1)S(=O)(=O)c1ccc(C)cc1. The number of carbonyl (C=O) groups is 2. The summed E-state index contributed by atoms with van der Waals surface area (Å²) in [6.45, 7) is 10.9. The lowest BCUT2D eigenvalue weighted by atomic mass is 10.0. The zero-order valence-corrected chi connectivity index (χ0v) is 25.5. The van der Waals surface area contributed by atoms with Crippen molar-refractivity contribution in [1.82, 2.24) is 10.2 Å². The van der Waals surface area contributed by atoms with Crippen LogP contribution in [-0.2, 0) is 26.2 Å². The summed E-state index contributed by atoms with van der Waals surface area (Å²) in [5, 5.41) is 3.42. The van der Waals surface area contributed by atoms with Crippen LogP contribution < -0.4 is 9.62 Å². The van der Waals surface area contributed by atoms with Crippen molar-refractivity contribution in [3.63, 3.8) is 0 Å². The van der Waals surface area contributed by atoms with E-state index in [2.05, 4.69) is 5.32 Å². The van der Waals surface area contributed by atoms with Crippen molar-refractivity contribution in [3.05, 3.63) is 94.5 Å². The Morgan fingerprint density at radius 2 is 1.52 bits per heavy atom. The van der Waals surface area contributed by atoms with E-state index in [0.717, 1.165) is 21.0 Å². The molecule has 2 amide bonds. The lowest BCUT2D eigenvalue weighted by Gasteiger charge is -2.35. The van der Waals surface area contributed by atoms with Crippen LogP contribution in [0.3, 0.4) is 0 Å². The van der Waals surface area contributed by atoms with Gasteiger partial charge in [0.2, 0.25) is 11.8 Å². The van der Waals surface area contributed by atoms with E-state index in [9.17, 15) is 18.0 Å². The molecule has 0 spiro atoms. The van der Waals surface area contributed by atoms with E-state index in [1.54, 1.807) is 36.4 Å². The van der Waals surface area contributed by atoms with Crippen LogP contribution in [0.5, 0.6) is 0 Å². The molecule has 40 heavy (non-hydrogen) atoms. The fourth-order valence-corrected chi connectivity index (χ4v) is 5.86. The van der Waals surface area contributed by atoms with Crippen LogP contribution in [0.2, 0.25) is 5.02 Å². The van der Waals surface area contributed by atoms with Gasteiger partial charge in [-0.3, -0.25) is 13.9 Å². The van der Waals surface area contributed by atoms with E-state index < -0.39 is 34.1 Å². The average molecular weight is 584 g/mol. The van der Waals surface area contributed by atoms with Gasteiger partial charge in [0.05, 0.1) is 10.6 Å². The Bertz CT molecular complexity index is 1430. The summed E-state index contributed by atoms with van der Waals surface area (Å²) in [4.78, 5) is 29.1. The molecule has 0 aromatic heterocycles. The highest BCUT2D eigenvalue weighted by Crippen LogP contribution is 2.27. The molecule has 9 heteroatoms. The Morgan fingerprint density at radius 3 is 2.08 bits per heavy atom. The molecule has 214 valence electrons. The zero-order valence-electron chi connectivity index (χ0n) is 23.9. The lowest BCUT2D eigenvalue weighted by molar-refractivity contribution is -0.141. The second-order valence-electron chi connectivity index (χ2n) is 10.9. The van der Waals surface area contributed by atoms with Crippen molar-refractivity contribution in [3.8, 4) is 0 Å². The van der Waals surface area contributed by atoms with E-state index in [1.807, 2.05) is 65.8 Å². The van der Waals surface area contributed by atoms with E-state index in [4.69, 9.17) is 11.6 Å². The third-order valence-electron chi connectivity index (χ3n) is 6.49. The van der Waals surface area contributed by atoms with Crippen LogP contribution in [0.25, 0.3) is 0 Å². The number of carbonyl (C=O) groups excluding carboxylic acids is 2. The number of anilines is 1. The Morgan fingerprint density at radius 1 is 0.925 bits per heavy atom. The van der Waals surface area contributed by atoms with Crippen LogP contribution in [0.4, 0.5) is 5.69 Å². The Balaban J connectivity index is 2.08. The molecule has 7 nitrogen and oxygen atoms in total. The first-order valence-corrected chi connectivity index (χ1v) is 15.1. The lowest BCUT2D eigenvalue weighted by Crippen LogP contribution is -2.55. The highest BCUT2D eigenvalue weighted by Gasteiger charge is 2.34. The largest absolute Gasteiger partial charge is 0.350 e. The highest BCUT2D eigenvalue weighted by atomic mass is 35.5. The maximum Gasteiger partial charge on any atom is 0.264 e. The van der Waals surface area contributed by atoms with Crippen molar-refractivity contribution < 1.29 is 18.0 Å². The minimum atomic E-state index is -4.13. The topological polar surface area (TPSA) is 86.8 Å². The molecule has 1 atom stereocenters. The van der Waals surface area contributed by atoms with Gasteiger partial charge in [0.25, 0.3) is 10.0 Å². The minimum Gasteiger partial charge on any atom is -0.350 e. The van der Waals surface area contributed by atoms with Gasteiger partial charge in [0.15, 0.2) is 0 Å². The molecule has 3 aromatic rings. The zero-order chi connectivity index (χ0) is 29.7. The van der Waals surface area contributed by atoms with Gasteiger partial charge in [-0.1, -0.05) is 60.5 Å². The molecule has 0 bridgehead atoms. The first-order chi connectivity index (χ1) is 18.7. The first-order valence-electron chi connectivity index (χ1n) is 13.2. The number of nitrogens with one attached hydrogen (secondary N) is 1. The van der Waals surface area contributed by atoms with Crippen LogP contribution >= 0.6 is 11.6 Å². The molecule has 0 saturated carbocycles. The number of rotatable bonds is 10. The quantitative estimate of drug-likeness (QED) is 0.323. The number of amides is 2. The number of sulfonamides is 1. The van der Waals surface area contributed by atoms with Gasteiger partial charge in [-0.05, 0) is 88.6 Å². The normalized spacial score (nSPS) is 12.5. The number of hydrogen-bond donors (Lipinski definition) is 1. The summed E-state index contributed by atoms with van der Waals surface area (Å²) in [7, 11) is -4.13. The number of aryl methyl sites for hydroxylation is 2. The van der Waals surface area contributed by atoms with Crippen molar-refractivity contribution in [1.29, 1.82) is 0 Å². The van der Waals surface area contributed by atoms with Crippen molar-refractivity contribution in [2.75, 3.05) is 10.8 Å². The molecule has 0 radical (unpaired) electrons. The van der Waals surface area contributed by atoms with Gasteiger partial charge in [-0.25, -0.2) is 8.42 Å². The Labute approximate surface area is 243 Å². The second kappa shape index (κ2) is 12.9. The molecule has 0 fully saturated rings. The fourth-order valence-electron chi connectivity index (χ4n) is 4.32. The van der Waals surface area contributed by atoms with E-state index in [-0.39, 0.29) is 17.3 Å². The van der Waals surface area contributed by atoms with Crippen LogP contribution in [0, 0.1) is 13.8 Å². The second-order valence-corrected chi connectivity index (χ2v) is 13.2. The number of hydrogen-bond acceptors (Lipinski definition) is 4. The molecule has 3 aromatic carbocycles. The van der Waals surface area contributed by atoms with Crippen molar-refractivity contribution >= 4 is 39.1 Å². The third-order valence-corrected chi connectivity index (χ3v) is 8.53. The molecule has 0 aliphatic heterocycles. The monoisotopic (exact) mass is 583 g/mol. The van der Waals surface area contributed by atoms with Gasteiger partial charge in [0.1, 0.15) is 12.6 Å². The van der Waals surface area contributed by atoms with Crippen LogP contribution in [0.1, 0.15) is 50.8 Å². The predicted octanol–water partition coefficient (Wildman–Crippen LogP) is 5.87. The van der Waals surface area contributed by atoms with Gasteiger partial charge >= 0.3 is 0 Å². The van der Waals surface area contributed by atoms with E-state index in [1.165, 1.54) is 17.0 Å². The minimum absolute atomic E-state index is 0.0591. The van der Waals surface area contributed by atoms with Crippen LogP contribution in [-0.4, -0.2) is 43.3 Å². The first kappa shape index (κ1) is 31.2. The molecule has 0 saturated heterocycles. The van der Waals surface area contributed by atoms with Crippen LogP contribution in [0.15, 0.2) is 77.7 Å². The van der Waals surface area contributed by atoms with Crippen molar-refractivity contribution in [2.24, 2.45) is 0 Å². The smallest absolute Gasteiger partial charge is 0.264 e. The maximum atomic E-state index is 14.1. The van der Waals surface area contributed by atoms with Gasteiger partial charge in [-0.2, -0.15) is 0 Å². The standard InChI is InChI=1S/C31H38ClN3O4S/c1-7-28(30(37)33-31(4,5)6)34(20-24-11-9-8-10-23(24)3)29(36)21-35(26-16-14-25(32)15-17-26)40(38,39)27-18-12-22(2)13-19-27/h8-19,28H,7,20-21H2,1-6H3,(H,33,37). The molecule has 0 aliphatic rings. The summed E-state index contributed by atoms with van der Waals surface area (Å²) in [6, 6.07) is 19.6. The average Bonchev–Trinajstić information content (AvgIpc) is 2.88. The summed E-state index contributed by atoms with van der Waals surface area (Å²) < 4.78 is 28.9. The molecule has 0 heterocycles. The van der Waals surface area contributed by atoms with Crippen molar-refractivity contribution in [2.45, 2.75) is 71.0 Å². The molecule has 3 rings (SSSR count). The number of benzene rings is 3. The Hall–Kier alpha value is -3.36. The molecule has 1 unspecified atom stereocenters. The summed E-state index contributed by atoms with van der Waals surface area (Å²) in [5.41, 5.74) is 2.53. The summed E-state index contributed by atoms with van der Waals surface area (Å²) in [6.07, 6.45) is 0.352. The number of nitrogens with zero attached hydrogens (tertiary/aromatic N) is 2. The summed E-state index contributed by atoms with van der Waals surface area (Å²) >= 11 is 6.09. The fraction of sp³-hybridized carbons (Fsp3) is 0.355. The predicted molar refractivity (Wildman–Crippen MR) is 161 cm³/mol. The molecule has 1 N–H and O–H groups in total. The third kappa shape index (κ3) is 7.86. The highest BCUT2D eigenvalue weighted by molar-refractivity contribution is 7.92. The van der Waals surface area contributed by atoms with E-state index >= 15 is 0 Å². The van der Waals surface area contributed by atoms with E-state index in [0.29, 0.717) is 17.1 Å². The maximum absolute atomic E-state index is 14.1. The van der Waals surface area contributed by atoms with Gasteiger partial charge < -0.3 is 10.2 Å². The van der Waals surface area contributed by atoms with Gasteiger partial charge in [-0.15, -0.1) is 0 Å². The Kier molecular flexibility index (Phi) is 10.0. The molecule has 0 aliphatic carbocycles. The number of halogens is 1. The molecular formula is C31H38ClN3O4S. The van der Waals surface area contributed by atoms with Gasteiger partial charge in [0, 0.05) is 17.1 Å².